The van der Waals surface area contributed by atoms with Crippen LogP contribution in [0.25, 0.3) is 0 Å². The second-order valence-electron chi connectivity index (χ2n) is 7.75. The van der Waals surface area contributed by atoms with Crippen molar-refractivity contribution >= 4 is 11.3 Å². The summed E-state index contributed by atoms with van der Waals surface area (Å²) in [6.07, 6.45) is 8.25. The molecule has 0 spiro atoms. The number of hydrogen-bond acceptors (Lipinski definition) is 2. The van der Waals surface area contributed by atoms with Crippen LogP contribution in [0, 0.1) is 16.7 Å². The van der Waals surface area contributed by atoms with Crippen molar-refractivity contribution in [3.8, 4) is 0 Å². The summed E-state index contributed by atoms with van der Waals surface area (Å²) >= 11 is 1.91. The second kappa shape index (κ2) is 6.62. The van der Waals surface area contributed by atoms with Gasteiger partial charge < -0.3 is 5.32 Å². The van der Waals surface area contributed by atoms with Crippen LogP contribution in [0.1, 0.15) is 57.8 Å². The maximum atomic E-state index is 3.47. The van der Waals surface area contributed by atoms with Crippen LogP contribution in [0.2, 0.25) is 0 Å². The van der Waals surface area contributed by atoms with Crippen molar-refractivity contribution in [1.82, 2.24) is 5.32 Å². The molecule has 2 rings (SSSR count). The first-order valence-electron chi connectivity index (χ1n) is 8.12. The van der Waals surface area contributed by atoms with E-state index in [4.69, 9.17) is 0 Å². The molecule has 1 aliphatic rings. The van der Waals surface area contributed by atoms with Gasteiger partial charge >= 0.3 is 0 Å². The highest BCUT2D eigenvalue weighted by molar-refractivity contribution is 7.09. The molecule has 0 bridgehead atoms. The smallest absolute Gasteiger partial charge is 0.00454 e. The molecule has 0 aromatic carbocycles. The molecule has 0 saturated heterocycles. The van der Waals surface area contributed by atoms with Gasteiger partial charge in [0.25, 0.3) is 0 Å². The van der Waals surface area contributed by atoms with Crippen LogP contribution in [-0.2, 0) is 6.42 Å². The molecule has 1 N–H and O–H groups in total. The number of aryl methyl sites for hydroxylation is 1. The zero-order chi connectivity index (χ0) is 14.6. The van der Waals surface area contributed by atoms with E-state index < -0.39 is 0 Å². The first-order valence-corrected chi connectivity index (χ1v) is 9.00. The van der Waals surface area contributed by atoms with Gasteiger partial charge in [-0.2, -0.15) is 0 Å². The van der Waals surface area contributed by atoms with Gasteiger partial charge in [-0.25, -0.2) is 0 Å². The summed E-state index contributed by atoms with van der Waals surface area (Å²) in [7, 11) is 2.11. The normalized spacial score (nSPS) is 27.7. The van der Waals surface area contributed by atoms with Gasteiger partial charge in [-0.15, -0.1) is 11.3 Å². The van der Waals surface area contributed by atoms with Crippen LogP contribution in [0.15, 0.2) is 17.5 Å². The third kappa shape index (κ3) is 4.08. The molecule has 0 unspecified atom stereocenters. The summed E-state index contributed by atoms with van der Waals surface area (Å²) in [6, 6.07) is 4.47. The van der Waals surface area contributed by atoms with Crippen molar-refractivity contribution in [2.24, 2.45) is 16.7 Å². The zero-order valence-corrected chi connectivity index (χ0v) is 14.5. The molecule has 1 aromatic rings. The van der Waals surface area contributed by atoms with E-state index in [0.717, 1.165) is 5.92 Å². The summed E-state index contributed by atoms with van der Waals surface area (Å²) < 4.78 is 0. The molecule has 114 valence electrons. The Hall–Kier alpha value is -0.340. The third-order valence-corrected chi connectivity index (χ3v) is 6.24. The molecule has 1 aromatic heterocycles. The summed E-state index contributed by atoms with van der Waals surface area (Å²) in [6.45, 7) is 8.42. The van der Waals surface area contributed by atoms with Crippen LogP contribution in [0.3, 0.4) is 0 Å². The van der Waals surface area contributed by atoms with Crippen molar-refractivity contribution in [3.05, 3.63) is 22.4 Å². The third-order valence-electron chi connectivity index (χ3n) is 5.30. The van der Waals surface area contributed by atoms with Gasteiger partial charge in [-0.3, -0.25) is 0 Å². The van der Waals surface area contributed by atoms with Crippen molar-refractivity contribution in [2.75, 3.05) is 13.6 Å². The summed E-state index contributed by atoms with van der Waals surface area (Å²) in [5.74, 6) is 0.911. The highest BCUT2D eigenvalue weighted by Crippen LogP contribution is 2.47. The standard InChI is InChI=1S/C18H31NS/c1-17(2,3)15-7-10-18(11-8-15,14-19-4)12-9-16-6-5-13-20-16/h5-6,13,15,19H,7-12,14H2,1-4H3. The monoisotopic (exact) mass is 293 g/mol. The Bertz CT molecular complexity index is 380. The summed E-state index contributed by atoms with van der Waals surface area (Å²) in [5, 5.41) is 5.67. The van der Waals surface area contributed by atoms with Crippen LogP contribution < -0.4 is 5.32 Å². The molecular weight excluding hydrogens is 262 g/mol. The van der Waals surface area contributed by atoms with E-state index in [-0.39, 0.29) is 0 Å². The minimum absolute atomic E-state index is 0.486. The maximum Gasteiger partial charge on any atom is 0.00454 e. The Morgan fingerprint density at radius 1 is 1.30 bits per heavy atom. The SMILES string of the molecule is CNCC1(CCc2cccs2)CCC(C(C)(C)C)CC1. The molecule has 0 radical (unpaired) electrons. The number of nitrogens with one attached hydrogen (secondary N) is 1. The number of thiophene rings is 1. The first-order chi connectivity index (χ1) is 9.45. The predicted octanol–water partition coefficient (Wildman–Crippen LogP) is 5.12. The minimum atomic E-state index is 0.486. The molecule has 1 heterocycles. The Morgan fingerprint density at radius 2 is 2.00 bits per heavy atom. The Balaban J connectivity index is 1.94. The molecular formula is C18H31NS. The highest BCUT2D eigenvalue weighted by Gasteiger charge is 2.37. The number of rotatable bonds is 5. The fraction of sp³-hybridized carbons (Fsp3) is 0.778. The molecule has 1 aliphatic carbocycles. The van der Waals surface area contributed by atoms with Gasteiger partial charge in [0.2, 0.25) is 0 Å². The fourth-order valence-corrected chi connectivity index (χ4v) is 4.54. The lowest BCUT2D eigenvalue weighted by molar-refractivity contribution is 0.0815. The molecule has 1 fully saturated rings. The second-order valence-corrected chi connectivity index (χ2v) is 8.78. The average Bonchev–Trinajstić information content (AvgIpc) is 2.89. The van der Waals surface area contributed by atoms with E-state index in [1.54, 1.807) is 4.88 Å². The van der Waals surface area contributed by atoms with Crippen molar-refractivity contribution in [2.45, 2.75) is 59.3 Å². The van der Waals surface area contributed by atoms with E-state index in [1.807, 2.05) is 11.3 Å². The van der Waals surface area contributed by atoms with Gasteiger partial charge in [0.1, 0.15) is 0 Å². The Labute approximate surface area is 129 Å². The quantitative estimate of drug-likeness (QED) is 0.794. The van der Waals surface area contributed by atoms with E-state index in [0.29, 0.717) is 10.8 Å². The van der Waals surface area contributed by atoms with E-state index in [2.05, 4.69) is 50.6 Å². The molecule has 2 heteroatoms. The predicted molar refractivity (Wildman–Crippen MR) is 90.4 cm³/mol. The zero-order valence-electron chi connectivity index (χ0n) is 13.7. The fourth-order valence-electron chi connectivity index (χ4n) is 3.83. The van der Waals surface area contributed by atoms with Crippen LogP contribution in [0.5, 0.6) is 0 Å². The van der Waals surface area contributed by atoms with Crippen molar-refractivity contribution in [1.29, 1.82) is 0 Å². The molecule has 0 aliphatic heterocycles. The molecule has 1 saturated carbocycles. The maximum absolute atomic E-state index is 3.47. The van der Waals surface area contributed by atoms with Gasteiger partial charge in [-0.1, -0.05) is 26.8 Å². The molecule has 0 amide bonds. The van der Waals surface area contributed by atoms with E-state index in [9.17, 15) is 0 Å². The van der Waals surface area contributed by atoms with Crippen molar-refractivity contribution < 1.29 is 0 Å². The van der Waals surface area contributed by atoms with Crippen LogP contribution in [0.4, 0.5) is 0 Å². The molecule has 1 nitrogen and oxygen atoms in total. The lowest BCUT2D eigenvalue weighted by Gasteiger charge is -2.44. The first kappa shape index (κ1) is 16.0. The van der Waals surface area contributed by atoms with Crippen molar-refractivity contribution in [3.63, 3.8) is 0 Å². The van der Waals surface area contributed by atoms with Gasteiger partial charge in [0.15, 0.2) is 0 Å². The average molecular weight is 294 g/mol. The van der Waals surface area contributed by atoms with Gasteiger partial charge in [0.05, 0.1) is 0 Å². The van der Waals surface area contributed by atoms with Gasteiger partial charge in [0, 0.05) is 11.4 Å². The lowest BCUT2D eigenvalue weighted by Crippen LogP contribution is -2.39. The Kier molecular flexibility index (Phi) is 5.30. The van der Waals surface area contributed by atoms with Gasteiger partial charge in [-0.05, 0) is 73.8 Å². The van der Waals surface area contributed by atoms with E-state index in [1.165, 1.54) is 45.1 Å². The topological polar surface area (TPSA) is 12.0 Å². The van der Waals surface area contributed by atoms with Crippen LogP contribution >= 0.6 is 11.3 Å². The lowest BCUT2D eigenvalue weighted by atomic mass is 9.62. The Morgan fingerprint density at radius 3 is 2.50 bits per heavy atom. The summed E-state index contributed by atoms with van der Waals surface area (Å²) in [5.41, 5.74) is 1.03. The highest BCUT2D eigenvalue weighted by atomic mass is 32.1. The molecule has 0 atom stereocenters. The van der Waals surface area contributed by atoms with E-state index >= 15 is 0 Å². The minimum Gasteiger partial charge on any atom is -0.319 e. The van der Waals surface area contributed by atoms with Crippen LogP contribution in [-0.4, -0.2) is 13.6 Å². The molecule has 20 heavy (non-hydrogen) atoms. The summed E-state index contributed by atoms with van der Waals surface area (Å²) in [4.78, 5) is 1.55. The number of hydrogen-bond donors (Lipinski definition) is 1. The largest absolute Gasteiger partial charge is 0.319 e.